The summed E-state index contributed by atoms with van der Waals surface area (Å²) in [5, 5.41) is 7.68. The summed E-state index contributed by atoms with van der Waals surface area (Å²) in [6, 6.07) is 7.80. The Bertz CT molecular complexity index is 915. The number of rotatable bonds is 3. The van der Waals surface area contributed by atoms with E-state index in [1.807, 2.05) is 30.5 Å². The highest BCUT2D eigenvalue weighted by molar-refractivity contribution is 7.98. The zero-order valence-corrected chi connectivity index (χ0v) is 15.4. The maximum Gasteiger partial charge on any atom is 0.343 e. The minimum absolute atomic E-state index is 0.137. The van der Waals surface area contributed by atoms with Crippen LogP contribution in [-0.2, 0) is 9.53 Å². The Kier molecular flexibility index (Phi) is 4.32. The molecule has 1 unspecified atom stereocenters. The third-order valence-electron chi connectivity index (χ3n) is 4.88. The molecule has 6 nitrogen and oxygen atoms in total. The molecule has 2 aliphatic rings. The maximum atomic E-state index is 12.7. The van der Waals surface area contributed by atoms with E-state index >= 15 is 0 Å². The van der Waals surface area contributed by atoms with Crippen LogP contribution in [0.25, 0.3) is 0 Å². The van der Waals surface area contributed by atoms with Crippen LogP contribution in [0.1, 0.15) is 41.2 Å². The van der Waals surface area contributed by atoms with E-state index in [1.54, 1.807) is 16.4 Å². The average Bonchev–Trinajstić information content (AvgIpc) is 3.09. The molecule has 0 spiro atoms. The molecule has 1 aliphatic heterocycles. The highest BCUT2D eigenvalue weighted by Crippen LogP contribution is 2.41. The highest BCUT2D eigenvalue weighted by Gasteiger charge is 2.37. The van der Waals surface area contributed by atoms with E-state index in [1.165, 1.54) is 13.3 Å². The Hall–Kier alpha value is -2.54. The Balaban J connectivity index is 1.88. The molecule has 7 heteroatoms. The van der Waals surface area contributed by atoms with E-state index < -0.39 is 5.97 Å². The summed E-state index contributed by atoms with van der Waals surface area (Å²) < 4.78 is 6.60. The van der Waals surface area contributed by atoms with E-state index in [-0.39, 0.29) is 11.8 Å². The van der Waals surface area contributed by atoms with Crippen molar-refractivity contribution in [3.63, 3.8) is 0 Å². The van der Waals surface area contributed by atoms with Gasteiger partial charge in [0.1, 0.15) is 17.4 Å². The first-order valence-corrected chi connectivity index (χ1v) is 9.69. The highest BCUT2D eigenvalue weighted by atomic mass is 32.2. The predicted octanol–water partition coefficient (Wildman–Crippen LogP) is 3.41. The Morgan fingerprint density at radius 2 is 2.08 bits per heavy atom. The number of benzene rings is 1. The van der Waals surface area contributed by atoms with Crippen LogP contribution in [0.5, 0.6) is 0 Å². The zero-order valence-electron chi connectivity index (χ0n) is 14.6. The SMILES string of the molecule is COC(=O)c1cnn2c1NC1=C(C(=O)CCC1)C2c1ccc(SC)cc1. The van der Waals surface area contributed by atoms with Gasteiger partial charge < -0.3 is 10.1 Å². The first-order valence-electron chi connectivity index (χ1n) is 8.47. The van der Waals surface area contributed by atoms with Crippen molar-refractivity contribution >= 4 is 29.3 Å². The van der Waals surface area contributed by atoms with Gasteiger partial charge in [-0.3, -0.25) is 4.79 Å². The zero-order chi connectivity index (χ0) is 18.3. The van der Waals surface area contributed by atoms with Gasteiger partial charge >= 0.3 is 5.97 Å². The van der Waals surface area contributed by atoms with Gasteiger partial charge in [0.25, 0.3) is 0 Å². The molecule has 2 aromatic rings. The van der Waals surface area contributed by atoms with Crippen LogP contribution in [0, 0.1) is 0 Å². The van der Waals surface area contributed by atoms with Crippen molar-refractivity contribution in [3.8, 4) is 0 Å². The minimum atomic E-state index is -0.443. The molecular weight excluding hydrogens is 350 g/mol. The number of aromatic nitrogens is 2. The number of hydrogen-bond acceptors (Lipinski definition) is 6. The fourth-order valence-electron chi connectivity index (χ4n) is 3.61. The second kappa shape index (κ2) is 6.64. The molecule has 1 aliphatic carbocycles. The number of Topliss-reactive ketones (excluding diaryl/α,β-unsaturated/α-hetero) is 1. The van der Waals surface area contributed by atoms with Crippen LogP contribution in [0.15, 0.2) is 46.6 Å². The number of allylic oxidation sites excluding steroid dienone is 2. The fourth-order valence-corrected chi connectivity index (χ4v) is 4.02. The number of methoxy groups -OCH3 is 1. The third kappa shape index (κ3) is 2.63. The summed E-state index contributed by atoms with van der Waals surface area (Å²) >= 11 is 1.67. The van der Waals surface area contributed by atoms with Crippen molar-refractivity contribution in [3.05, 3.63) is 52.9 Å². The van der Waals surface area contributed by atoms with Gasteiger partial charge in [-0.05, 0) is 36.8 Å². The van der Waals surface area contributed by atoms with Gasteiger partial charge in [-0.15, -0.1) is 11.8 Å². The number of fused-ring (bicyclic) bond motifs is 1. The molecule has 0 amide bonds. The molecule has 1 aromatic heterocycles. The second-order valence-corrected chi connectivity index (χ2v) is 7.19. The summed E-state index contributed by atoms with van der Waals surface area (Å²) in [7, 11) is 1.35. The molecule has 26 heavy (non-hydrogen) atoms. The number of esters is 1. The maximum absolute atomic E-state index is 12.7. The first-order chi connectivity index (χ1) is 12.6. The Morgan fingerprint density at radius 1 is 1.31 bits per heavy atom. The lowest BCUT2D eigenvalue weighted by Crippen LogP contribution is -2.31. The van der Waals surface area contributed by atoms with Crippen molar-refractivity contribution in [1.82, 2.24) is 9.78 Å². The molecule has 1 N–H and O–H groups in total. The molecule has 0 fully saturated rings. The fraction of sp³-hybridized carbons (Fsp3) is 0.316. The molecule has 0 radical (unpaired) electrons. The van der Waals surface area contributed by atoms with Gasteiger partial charge in [-0.2, -0.15) is 5.10 Å². The van der Waals surface area contributed by atoms with Crippen LogP contribution < -0.4 is 5.32 Å². The standard InChI is InChI=1S/C19H19N3O3S/c1-25-19(24)13-10-20-22-17(11-6-8-12(26-2)9-7-11)16-14(21-18(13)22)4-3-5-15(16)23/h6-10,17,21H,3-5H2,1-2H3. The number of carbonyl (C=O) groups is 2. The van der Waals surface area contributed by atoms with Crippen molar-refractivity contribution in [2.45, 2.75) is 30.2 Å². The number of nitrogens with zero attached hydrogens (tertiary/aromatic N) is 2. The van der Waals surface area contributed by atoms with Crippen LogP contribution in [0.2, 0.25) is 0 Å². The molecule has 0 saturated carbocycles. The topological polar surface area (TPSA) is 73.2 Å². The van der Waals surface area contributed by atoms with Crippen molar-refractivity contribution in [2.24, 2.45) is 0 Å². The van der Waals surface area contributed by atoms with E-state index in [9.17, 15) is 9.59 Å². The largest absolute Gasteiger partial charge is 0.465 e. The number of nitrogens with one attached hydrogen (secondary N) is 1. The molecule has 1 aromatic carbocycles. The smallest absolute Gasteiger partial charge is 0.343 e. The molecule has 4 rings (SSSR count). The molecule has 0 saturated heterocycles. The monoisotopic (exact) mass is 369 g/mol. The van der Waals surface area contributed by atoms with Gasteiger partial charge in [-0.25, -0.2) is 9.48 Å². The Labute approximate surface area is 155 Å². The second-order valence-electron chi connectivity index (χ2n) is 6.31. The van der Waals surface area contributed by atoms with E-state index in [2.05, 4.69) is 10.4 Å². The van der Waals surface area contributed by atoms with Crippen molar-refractivity contribution in [2.75, 3.05) is 18.7 Å². The summed E-state index contributed by atoms with van der Waals surface area (Å²) in [6.07, 6.45) is 5.66. The van der Waals surface area contributed by atoms with Gasteiger partial charge in [0.2, 0.25) is 0 Å². The molecule has 0 bridgehead atoms. The van der Waals surface area contributed by atoms with E-state index in [0.29, 0.717) is 17.8 Å². The lowest BCUT2D eigenvalue weighted by atomic mass is 9.85. The quantitative estimate of drug-likeness (QED) is 0.660. The lowest BCUT2D eigenvalue weighted by Gasteiger charge is -2.33. The summed E-state index contributed by atoms with van der Waals surface area (Å²) in [4.78, 5) is 26.0. The number of ether oxygens (including phenoxy) is 1. The number of thioether (sulfide) groups is 1. The number of ketones is 1. The molecule has 2 heterocycles. The molecule has 134 valence electrons. The van der Waals surface area contributed by atoms with Crippen LogP contribution in [0.4, 0.5) is 5.82 Å². The molecule has 1 atom stereocenters. The predicted molar refractivity (Wildman–Crippen MR) is 99.4 cm³/mol. The normalized spacial score (nSPS) is 18.8. The minimum Gasteiger partial charge on any atom is -0.465 e. The van der Waals surface area contributed by atoms with Gasteiger partial charge in [0.05, 0.1) is 13.3 Å². The van der Waals surface area contributed by atoms with Gasteiger partial charge in [-0.1, -0.05) is 12.1 Å². The van der Waals surface area contributed by atoms with Gasteiger partial charge in [0, 0.05) is 22.6 Å². The number of anilines is 1. The van der Waals surface area contributed by atoms with E-state index in [4.69, 9.17) is 4.74 Å². The summed E-state index contributed by atoms with van der Waals surface area (Å²) in [5.41, 5.74) is 2.99. The summed E-state index contributed by atoms with van der Waals surface area (Å²) in [5.74, 6) is 0.282. The van der Waals surface area contributed by atoms with Crippen LogP contribution in [-0.4, -0.2) is 34.9 Å². The number of carbonyl (C=O) groups excluding carboxylic acids is 2. The first kappa shape index (κ1) is 16.9. The van der Waals surface area contributed by atoms with Crippen molar-refractivity contribution < 1.29 is 14.3 Å². The van der Waals surface area contributed by atoms with E-state index in [0.717, 1.165) is 34.6 Å². The van der Waals surface area contributed by atoms with Crippen molar-refractivity contribution in [1.29, 1.82) is 0 Å². The molecular formula is C19H19N3O3S. The third-order valence-corrected chi connectivity index (χ3v) is 5.62. The average molecular weight is 369 g/mol. The van der Waals surface area contributed by atoms with Crippen LogP contribution in [0.3, 0.4) is 0 Å². The van der Waals surface area contributed by atoms with Gasteiger partial charge in [0.15, 0.2) is 5.78 Å². The Morgan fingerprint density at radius 3 is 2.77 bits per heavy atom. The summed E-state index contributed by atoms with van der Waals surface area (Å²) in [6.45, 7) is 0. The van der Waals surface area contributed by atoms with Crippen LogP contribution >= 0.6 is 11.8 Å². The lowest BCUT2D eigenvalue weighted by molar-refractivity contribution is -0.116. The number of hydrogen-bond donors (Lipinski definition) is 1.